The molecule has 0 fully saturated rings. The molecule has 0 amide bonds. The van der Waals surface area contributed by atoms with Crippen LogP contribution >= 0.6 is 0 Å². The monoisotopic (exact) mass is 304 g/mol. The lowest BCUT2D eigenvalue weighted by molar-refractivity contribution is 0.257. The number of hydrogen-bond donors (Lipinski definition) is 0. The summed E-state index contributed by atoms with van der Waals surface area (Å²) in [6, 6.07) is 0. The van der Waals surface area contributed by atoms with Crippen molar-refractivity contribution in [3.8, 4) is 0 Å². The Balaban J connectivity index is 5.08. The zero-order chi connectivity index (χ0) is 14.4. The van der Waals surface area contributed by atoms with Gasteiger partial charge in [0.25, 0.3) is 0 Å². The smallest absolute Gasteiger partial charge is 0.352 e. The summed E-state index contributed by atoms with van der Waals surface area (Å²) in [5.74, 6) is 0. The van der Waals surface area contributed by atoms with E-state index in [4.69, 9.17) is 17.1 Å². The van der Waals surface area contributed by atoms with Crippen molar-refractivity contribution >= 4 is 25.7 Å². The summed E-state index contributed by atoms with van der Waals surface area (Å²) in [7, 11) is -4.18. The second-order valence-corrected chi connectivity index (χ2v) is 14.0. The average molecular weight is 305 g/mol. The molecule has 0 heterocycles. The number of hydrogen-bond acceptors (Lipinski definition) is 4. The van der Waals surface area contributed by atoms with E-state index in [0.29, 0.717) is 0 Å². The van der Waals surface area contributed by atoms with Crippen LogP contribution < -0.4 is 0 Å². The van der Waals surface area contributed by atoms with E-state index in [1.165, 1.54) is 0 Å². The van der Waals surface area contributed by atoms with E-state index in [0.717, 1.165) is 0 Å². The highest BCUT2D eigenvalue weighted by molar-refractivity contribution is 6.90. The highest BCUT2D eigenvalue weighted by Gasteiger charge is 2.44. The molecular weight excluding hydrogens is 280 g/mol. The molecule has 0 aromatic carbocycles. The first kappa shape index (κ1) is 17.7. The van der Waals surface area contributed by atoms with Crippen molar-refractivity contribution in [2.75, 3.05) is 14.2 Å². The molecule has 4 nitrogen and oxygen atoms in total. The van der Waals surface area contributed by atoms with Gasteiger partial charge in [-0.1, -0.05) is 17.1 Å². The third-order valence-corrected chi connectivity index (χ3v) is 13.1. The van der Waals surface area contributed by atoms with E-state index in [-0.39, 0.29) is 0 Å². The summed E-state index contributed by atoms with van der Waals surface area (Å²) >= 11 is 0. The van der Waals surface area contributed by atoms with Gasteiger partial charge in [0, 0.05) is 14.2 Å². The quantitative estimate of drug-likeness (QED) is 0.614. The molecule has 0 saturated carbocycles. The molecule has 0 bridgehead atoms. The fraction of sp³-hybridized carbons (Fsp3) is 0.455. The van der Waals surface area contributed by atoms with E-state index in [2.05, 4.69) is 19.7 Å². The van der Waals surface area contributed by atoms with Crippen LogP contribution in [0.3, 0.4) is 0 Å². The van der Waals surface area contributed by atoms with Gasteiger partial charge in [0.2, 0.25) is 0 Å². The average Bonchev–Trinajstić information content (AvgIpc) is 2.38. The van der Waals surface area contributed by atoms with E-state index in [1.807, 2.05) is 19.6 Å². The van der Waals surface area contributed by atoms with Crippen molar-refractivity contribution in [2.45, 2.75) is 19.6 Å². The summed E-state index contributed by atoms with van der Waals surface area (Å²) in [5, 5.41) is 0. The molecule has 0 spiro atoms. The van der Waals surface area contributed by atoms with Gasteiger partial charge in [-0.2, -0.15) is 0 Å². The van der Waals surface area contributed by atoms with Crippen LogP contribution in [-0.2, 0) is 17.1 Å². The molecular formula is C11H24O4Si3. The van der Waals surface area contributed by atoms with Crippen molar-refractivity contribution in [2.24, 2.45) is 0 Å². The van der Waals surface area contributed by atoms with Crippen molar-refractivity contribution in [1.29, 1.82) is 0 Å². The van der Waals surface area contributed by atoms with Crippen molar-refractivity contribution in [3.63, 3.8) is 0 Å². The van der Waals surface area contributed by atoms with E-state index in [9.17, 15) is 0 Å². The van der Waals surface area contributed by atoms with Gasteiger partial charge in [-0.3, -0.25) is 0 Å². The molecule has 0 aliphatic heterocycles. The summed E-state index contributed by atoms with van der Waals surface area (Å²) in [5.41, 5.74) is 5.18. The Morgan fingerprint density at radius 1 is 0.667 bits per heavy atom. The minimum atomic E-state index is -2.58. The van der Waals surface area contributed by atoms with Gasteiger partial charge in [0.05, 0.1) is 0 Å². The summed E-state index contributed by atoms with van der Waals surface area (Å²) in [4.78, 5) is 0. The highest BCUT2D eigenvalue weighted by atomic mass is 28.5. The summed E-state index contributed by atoms with van der Waals surface area (Å²) < 4.78 is 23.0. The first-order valence-electron chi connectivity index (χ1n) is 5.63. The van der Waals surface area contributed by atoms with Crippen LogP contribution in [-0.4, -0.2) is 39.9 Å². The van der Waals surface area contributed by atoms with Gasteiger partial charge in [0.15, 0.2) is 0 Å². The van der Waals surface area contributed by atoms with Crippen molar-refractivity contribution in [3.05, 3.63) is 36.8 Å². The molecule has 0 N–H and O–H groups in total. The molecule has 0 aromatic heterocycles. The lowest BCUT2D eigenvalue weighted by atomic mass is 11.3. The molecule has 2 atom stereocenters. The largest absolute Gasteiger partial charge is 0.409 e. The zero-order valence-corrected chi connectivity index (χ0v) is 15.0. The van der Waals surface area contributed by atoms with Crippen LogP contribution in [0.25, 0.3) is 0 Å². The molecule has 0 saturated heterocycles. The topological polar surface area (TPSA) is 36.9 Å². The predicted molar refractivity (Wildman–Crippen MR) is 81.6 cm³/mol. The van der Waals surface area contributed by atoms with Gasteiger partial charge in [0.1, 0.15) is 0 Å². The number of rotatable bonds is 9. The molecule has 18 heavy (non-hydrogen) atoms. The summed E-state index contributed by atoms with van der Waals surface area (Å²) in [6.07, 6.45) is 0. The second-order valence-electron chi connectivity index (χ2n) is 4.27. The van der Waals surface area contributed by atoms with E-state index in [1.54, 1.807) is 31.3 Å². The normalized spacial score (nSPS) is 21.2. The molecule has 0 aliphatic carbocycles. The van der Waals surface area contributed by atoms with Gasteiger partial charge >= 0.3 is 25.7 Å². The highest BCUT2D eigenvalue weighted by Crippen LogP contribution is 2.23. The Morgan fingerprint density at radius 2 is 0.944 bits per heavy atom. The Morgan fingerprint density at radius 3 is 1.11 bits per heavy atom. The SMILES string of the molecule is C=C[Si](C)(OC)O[Si](C)(C=C)O[Si](C)(C=C)OC. The molecule has 2 unspecified atom stereocenters. The van der Waals surface area contributed by atoms with E-state index >= 15 is 0 Å². The van der Waals surface area contributed by atoms with Gasteiger partial charge in [-0.25, -0.2) is 0 Å². The maximum absolute atomic E-state index is 6.08. The Hall–Kier alpha value is -0.289. The van der Waals surface area contributed by atoms with Crippen molar-refractivity contribution in [1.82, 2.24) is 0 Å². The molecule has 0 rings (SSSR count). The van der Waals surface area contributed by atoms with Crippen LogP contribution in [0.5, 0.6) is 0 Å². The van der Waals surface area contributed by atoms with Crippen LogP contribution in [0.15, 0.2) is 36.8 Å². The zero-order valence-electron chi connectivity index (χ0n) is 12.0. The van der Waals surface area contributed by atoms with Crippen LogP contribution in [0.4, 0.5) is 0 Å². The minimum Gasteiger partial charge on any atom is -0.409 e. The first-order chi connectivity index (χ1) is 8.22. The maximum atomic E-state index is 6.08. The third-order valence-electron chi connectivity index (χ3n) is 2.73. The summed E-state index contributed by atoms with van der Waals surface area (Å²) in [6.45, 7) is 17.1. The fourth-order valence-electron chi connectivity index (χ4n) is 1.24. The van der Waals surface area contributed by atoms with Gasteiger partial charge in [-0.05, 0) is 19.6 Å². The lowest BCUT2D eigenvalue weighted by Gasteiger charge is -2.37. The third kappa shape index (κ3) is 4.77. The fourth-order valence-corrected chi connectivity index (χ4v) is 10.6. The van der Waals surface area contributed by atoms with Gasteiger partial charge in [-0.15, -0.1) is 19.7 Å². The Bertz CT molecular complexity index is 299. The maximum Gasteiger partial charge on any atom is 0.352 e. The Kier molecular flexibility index (Phi) is 6.65. The van der Waals surface area contributed by atoms with Crippen molar-refractivity contribution < 1.29 is 17.1 Å². The van der Waals surface area contributed by atoms with Gasteiger partial charge < -0.3 is 17.1 Å². The Labute approximate surface area is 114 Å². The second kappa shape index (κ2) is 6.75. The molecule has 0 radical (unpaired) electrons. The van der Waals surface area contributed by atoms with Crippen LogP contribution in [0.2, 0.25) is 19.6 Å². The molecule has 7 heteroatoms. The molecule has 0 aliphatic rings. The minimum absolute atomic E-state index is 1.62. The molecule has 104 valence electrons. The first-order valence-corrected chi connectivity index (χ1v) is 12.8. The molecule has 0 aromatic rings. The standard InChI is InChI=1S/C11H24O4Si3/c1-9-16(6,12-4)14-18(8,11-3)15-17(7,10-2)13-5/h9-11H,1-3H2,4-8H3. The predicted octanol–water partition coefficient (Wildman–Crippen LogP) is 2.70. The lowest BCUT2D eigenvalue weighted by Crippen LogP contribution is -2.55. The van der Waals surface area contributed by atoms with Crippen LogP contribution in [0, 0.1) is 0 Å². The van der Waals surface area contributed by atoms with E-state index < -0.39 is 25.7 Å². The van der Waals surface area contributed by atoms with Crippen LogP contribution in [0.1, 0.15) is 0 Å².